The van der Waals surface area contributed by atoms with Gasteiger partial charge in [0.15, 0.2) is 11.6 Å². The van der Waals surface area contributed by atoms with Crippen LogP contribution in [0.25, 0.3) is 0 Å². The minimum atomic E-state index is -1.11. The minimum Gasteiger partial charge on any atom is -0.494 e. The SMILES string of the molecule is COc1ccc(C(=O)O[C@@H](C(=O)N2CCOCC2)c2ccccc2)cc1F. The molecule has 1 heterocycles. The van der Waals surface area contributed by atoms with Crippen molar-refractivity contribution in [2.24, 2.45) is 0 Å². The largest absolute Gasteiger partial charge is 0.494 e. The van der Waals surface area contributed by atoms with Crippen molar-refractivity contribution in [1.29, 1.82) is 0 Å². The van der Waals surface area contributed by atoms with Crippen molar-refractivity contribution < 1.29 is 28.2 Å². The lowest BCUT2D eigenvalue weighted by molar-refractivity contribution is -0.145. The van der Waals surface area contributed by atoms with Crippen LogP contribution in [0.15, 0.2) is 48.5 Å². The highest BCUT2D eigenvalue weighted by atomic mass is 19.1. The Morgan fingerprint density at radius 2 is 1.81 bits per heavy atom. The monoisotopic (exact) mass is 373 g/mol. The van der Waals surface area contributed by atoms with Gasteiger partial charge in [-0.15, -0.1) is 0 Å². The van der Waals surface area contributed by atoms with E-state index < -0.39 is 17.9 Å². The molecule has 7 heteroatoms. The number of nitrogens with zero attached hydrogens (tertiary/aromatic N) is 1. The first kappa shape index (κ1) is 18.8. The van der Waals surface area contributed by atoms with Gasteiger partial charge in [0, 0.05) is 18.7 Å². The van der Waals surface area contributed by atoms with Crippen molar-refractivity contribution in [1.82, 2.24) is 4.90 Å². The van der Waals surface area contributed by atoms with Gasteiger partial charge >= 0.3 is 5.97 Å². The van der Waals surface area contributed by atoms with E-state index in [0.717, 1.165) is 6.07 Å². The summed E-state index contributed by atoms with van der Waals surface area (Å²) in [7, 11) is 1.34. The summed E-state index contributed by atoms with van der Waals surface area (Å²) in [5.41, 5.74) is 0.556. The van der Waals surface area contributed by atoms with E-state index in [9.17, 15) is 14.0 Å². The third kappa shape index (κ3) is 4.43. The summed E-state index contributed by atoms with van der Waals surface area (Å²) < 4.78 is 29.5. The molecule has 2 aromatic carbocycles. The summed E-state index contributed by atoms with van der Waals surface area (Å²) in [6.07, 6.45) is -1.11. The van der Waals surface area contributed by atoms with Gasteiger partial charge in [-0.05, 0) is 18.2 Å². The highest BCUT2D eigenvalue weighted by molar-refractivity contribution is 5.93. The summed E-state index contributed by atoms with van der Waals surface area (Å²) >= 11 is 0. The molecule has 0 bridgehead atoms. The van der Waals surface area contributed by atoms with Crippen molar-refractivity contribution in [2.75, 3.05) is 33.4 Å². The van der Waals surface area contributed by atoms with Crippen LogP contribution in [0.5, 0.6) is 5.75 Å². The highest BCUT2D eigenvalue weighted by Crippen LogP contribution is 2.24. The number of benzene rings is 2. The van der Waals surface area contributed by atoms with Gasteiger partial charge in [-0.1, -0.05) is 30.3 Å². The van der Waals surface area contributed by atoms with Gasteiger partial charge in [-0.3, -0.25) is 4.79 Å². The lowest BCUT2D eigenvalue weighted by Gasteiger charge is -2.30. The number of hydrogen-bond acceptors (Lipinski definition) is 5. The van der Waals surface area contributed by atoms with E-state index in [0.29, 0.717) is 31.9 Å². The molecule has 1 atom stereocenters. The van der Waals surface area contributed by atoms with Crippen molar-refractivity contribution in [3.63, 3.8) is 0 Å². The Hall–Kier alpha value is -2.93. The van der Waals surface area contributed by atoms with E-state index in [1.807, 2.05) is 0 Å². The molecule has 0 aliphatic carbocycles. The standard InChI is InChI=1S/C20H20FNO5/c1-25-17-8-7-15(13-16(17)21)20(24)27-18(14-5-3-2-4-6-14)19(23)22-9-11-26-12-10-22/h2-8,13,18H,9-12H2,1H3/t18-/m1/s1. The van der Waals surface area contributed by atoms with Gasteiger partial charge in [0.25, 0.3) is 5.91 Å². The molecule has 1 saturated heterocycles. The summed E-state index contributed by atoms with van der Waals surface area (Å²) in [6, 6.07) is 12.5. The van der Waals surface area contributed by atoms with E-state index in [1.165, 1.54) is 19.2 Å². The molecule has 1 aliphatic rings. The van der Waals surface area contributed by atoms with E-state index in [2.05, 4.69) is 0 Å². The van der Waals surface area contributed by atoms with Gasteiger partial charge in [0.2, 0.25) is 6.10 Å². The van der Waals surface area contributed by atoms with Gasteiger partial charge in [-0.25, -0.2) is 9.18 Å². The molecule has 1 amide bonds. The van der Waals surface area contributed by atoms with Gasteiger partial charge < -0.3 is 19.1 Å². The summed E-state index contributed by atoms with van der Waals surface area (Å²) in [5.74, 6) is -1.77. The quantitative estimate of drug-likeness (QED) is 0.754. The number of methoxy groups -OCH3 is 1. The number of esters is 1. The van der Waals surface area contributed by atoms with Crippen LogP contribution in [-0.4, -0.2) is 50.2 Å². The van der Waals surface area contributed by atoms with Gasteiger partial charge in [0.1, 0.15) is 0 Å². The summed E-state index contributed by atoms with van der Waals surface area (Å²) in [6.45, 7) is 1.73. The highest BCUT2D eigenvalue weighted by Gasteiger charge is 2.31. The fraction of sp³-hybridized carbons (Fsp3) is 0.300. The fourth-order valence-electron chi connectivity index (χ4n) is 2.81. The molecule has 0 aromatic heterocycles. The summed E-state index contributed by atoms with van der Waals surface area (Å²) in [5, 5.41) is 0. The first-order chi connectivity index (χ1) is 13.1. The molecule has 0 N–H and O–H groups in total. The third-order valence-electron chi connectivity index (χ3n) is 4.26. The molecule has 6 nitrogen and oxygen atoms in total. The molecule has 0 unspecified atom stereocenters. The molecule has 1 fully saturated rings. The van der Waals surface area contributed by atoms with Crippen LogP contribution >= 0.6 is 0 Å². The van der Waals surface area contributed by atoms with E-state index in [1.54, 1.807) is 35.2 Å². The van der Waals surface area contributed by atoms with Crippen molar-refractivity contribution in [3.05, 3.63) is 65.5 Å². The zero-order chi connectivity index (χ0) is 19.2. The Bertz CT molecular complexity index is 805. The number of hydrogen-bond donors (Lipinski definition) is 0. The summed E-state index contributed by atoms with van der Waals surface area (Å²) in [4.78, 5) is 27.1. The second-order valence-electron chi connectivity index (χ2n) is 5.98. The first-order valence-corrected chi connectivity index (χ1v) is 8.56. The van der Waals surface area contributed by atoms with Crippen LogP contribution in [0.1, 0.15) is 22.0 Å². The lowest BCUT2D eigenvalue weighted by atomic mass is 10.1. The first-order valence-electron chi connectivity index (χ1n) is 8.56. The van der Waals surface area contributed by atoms with Gasteiger partial charge in [-0.2, -0.15) is 0 Å². The molecule has 142 valence electrons. The Balaban J connectivity index is 1.83. The van der Waals surface area contributed by atoms with Crippen molar-refractivity contribution >= 4 is 11.9 Å². The van der Waals surface area contributed by atoms with Crippen LogP contribution < -0.4 is 4.74 Å². The van der Waals surface area contributed by atoms with E-state index >= 15 is 0 Å². The maximum atomic E-state index is 13.9. The predicted molar refractivity (Wildman–Crippen MR) is 94.9 cm³/mol. The normalized spacial score (nSPS) is 15.1. The average molecular weight is 373 g/mol. The van der Waals surface area contributed by atoms with Crippen LogP contribution in [0.4, 0.5) is 4.39 Å². The number of carbonyl (C=O) groups is 2. The van der Waals surface area contributed by atoms with Crippen molar-refractivity contribution in [3.8, 4) is 5.75 Å². The molecular weight excluding hydrogens is 353 g/mol. The maximum Gasteiger partial charge on any atom is 0.339 e. The molecule has 0 radical (unpaired) electrons. The zero-order valence-electron chi connectivity index (χ0n) is 14.9. The Morgan fingerprint density at radius 3 is 2.44 bits per heavy atom. The fourth-order valence-corrected chi connectivity index (χ4v) is 2.81. The average Bonchev–Trinajstić information content (AvgIpc) is 2.72. The third-order valence-corrected chi connectivity index (χ3v) is 4.26. The minimum absolute atomic E-state index is 0.00371. The van der Waals surface area contributed by atoms with E-state index in [4.69, 9.17) is 14.2 Å². The molecule has 3 rings (SSSR count). The number of ether oxygens (including phenoxy) is 3. The molecule has 1 aliphatic heterocycles. The number of morpholine rings is 1. The molecule has 2 aromatic rings. The predicted octanol–water partition coefficient (Wildman–Crippen LogP) is 2.59. The molecular formula is C20H20FNO5. The van der Waals surface area contributed by atoms with Crippen LogP contribution in [-0.2, 0) is 14.3 Å². The molecule has 27 heavy (non-hydrogen) atoms. The Kier molecular flexibility index (Phi) is 6.03. The zero-order valence-corrected chi connectivity index (χ0v) is 14.9. The maximum absolute atomic E-state index is 13.9. The smallest absolute Gasteiger partial charge is 0.339 e. The topological polar surface area (TPSA) is 65.1 Å². The van der Waals surface area contributed by atoms with Crippen LogP contribution in [0.2, 0.25) is 0 Å². The second kappa shape index (κ2) is 8.64. The van der Waals surface area contributed by atoms with Gasteiger partial charge in [0.05, 0.1) is 25.9 Å². The molecule has 0 spiro atoms. The van der Waals surface area contributed by atoms with Crippen LogP contribution in [0, 0.1) is 5.82 Å². The number of halogens is 1. The Morgan fingerprint density at radius 1 is 1.11 bits per heavy atom. The Labute approximate surface area is 156 Å². The second-order valence-corrected chi connectivity index (χ2v) is 5.98. The lowest BCUT2D eigenvalue weighted by Crippen LogP contribution is -2.44. The number of carbonyl (C=O) groups excluding carboxylic acids is 2. The van der Waals surface area contributed by atoms with Crippen LogP contribution in [0.3, 0.4) is 0 Å². The van der Waals surface area contributed by atoms with Crippen molar-refractivity contribution in [2.45, 2.75) is 6.10 Å². The molecule has 0 saturated carbocycles. The number of rotatable bonds is 5. The van der Waals surface area contributed by atoms with E-state index in [-0.39, 0.29) is 17.2 Å². The number of amides is 1.